The summed E-state index contributed by atoms with van der Waals surface area (Å²) in [7, 11) is 1.45. The maximum atomic E-state index is 13.4. The number of fused-ring (bicyclic) bond motifs is 3. The van der Waals surface area contributed by atoms with Crippen LogP contribution in [0.5, 0.6) is 0 Å². The van der Waals surface area contributed by atoms with Gasteiger partial charge in [0.1, 0.15) is 0 Å². The first-order chi connectivity index (χ1) is 16.4. The fourth-order valence-electron chi connectivity index (χ4n) is 4.20. The number of nitrogens with zero attached hydrogens (tertiary/aromatic N) is 4. The van der Waals surface area contributed by atoms with Crippen LogP contribution in [0.3, 0.4) is 0 Å². The average Bonchev–Trinajstić information content (AvgIpc) is 3.14. The van der Waals surface area contributed by atoms with E-state index in [4.69, 9.17) is 16.3 Å². The number of ether oxygens (including phenoxy) is 1. The number of anilines is 1. The van der Waals surface area contributed by atoms with Crippen LogP contribution in [0.4, 0.5) is 32.3 Å². The van der Waals surface area contributed by atoms with E-state index in [-0.39, 0.29) is 32.4 Å². The van der Waals surface area contributed by atoms with Gasteiger partial charge in [0.2, 0.25) is 17.6 Å². The average molecular weight is 524 g/mol. The molecule has 0 aliphatic carbocycles. The topological polar surface area (TPSA) is 87.2 Å². The molecular formula is C21H20ClF6N5O2. The zero-order valence-electron chi connectivity index (χ0n) is 18.2. The van der Waals surface area contributed by atoms with Crippen molar-refractivity contribution in [3.05, 3.63) is 46.1 Å². The number of aromatic nitrogens is 4. The van der Waals surface area contributed by atoms with Crippen LogP contribution in [-0.2, 0) is 23.5 Å². The van der Waals surface area contributed by atoms with E-state index >= 15 is 0 Å². The van der Waals surface area contributed by atoms with Crippen molar-refractivity contribution < 1.29 is 36.2 Å². The van der Waals surface area contributed by atoms with Gasteiger partial charge in [0.25, 0.3) is 0 Å². The summed E-state index contributed by atoms with van der Waals surface area (Å²) in [6.45, 7) is 0.220. The maximum Gasteiger partial charge on any atom is 0.451 e. The number of hydrogen-bond acceptors (Lipinski definition) is 6. The van der Waals surface area contributed by atoms with Gasteiger partial charge in [0.05, 0.1) is 12.1 Å². The smallest absolute Gasteiger partial charge is 0.393 e. The van der Waals surface area contributed by atoms with Crippen LogP contribution in [0.25, 0.3) is 10.9 Å². The zero-order valence-corrected chi connectivity index (χ0v) is 19.0. The zero-order chi connectivity index (χ0) is 25.5. The minimum atomic E-state index is -5.22. The lowest BCUT2D eigenvalue weighted by molar-refractivity contribution is -0.155. The van der Waals surface area contributed by atoms with E-state index in [1.807, 2.05) is 0 Å². The van der Waals surface area contributed by atoms with Gasteiger partial charge in [-0.3, -0.25) is 0 Å². The first-order valence-corrected chi connectivity index (χ1v) is 10.9. The van der Waals surface area contributed by atoms with E-state index in [1.165, 1.54) is 12.0 Å². The van der Waals surface area contributed by atoms with Crippen molar-refractivity contribution in [2.24, 2.45) is 0 Å². The van der Waals surface area contributed by atoms with Gasteiger partial charge in [0, 0.05) is 41.9 Å². The van der Waals surface area contributed by atoms with Crippen molar-refractivity contribution in [1.29, 1.82) is 0 Å². The Labute approximate surface area is 200 Å². The molecule has 0 bridgehead atoms. The SMILES string of the molecule is COCC[C@@H](O)C[C@H]1c2[nH]c3ccc(Cl)cc3c2CCN1c1nc(C(F)(F)F)nc(C(F)(F)F)n1. The largest absolute Gasteiger partial charge is 0.451 e. The Morgan fingerprint density at radius 3 is 2.40 bits per heavy atom. The number of H-pyrrole nitrogens is 1. The summed E-state index contributed by atoms with van der Waals surface area (Å²) in [4.78, 5) is 13.7. The number of alkyl halides is 6. The molecule has 1 aromatic carbocycles. The summed E-state index contributed by atoms with van der Waals surface area (Å²) in [5, 5.41) is 11.8. The molecule has 35 heavy (non-hydrogen) atoms. The Bertz CT molecular complexity index is 1180. The molecule has 1 aliphatic rings. The molecule has 0 radical (unpaired) electrons. The normalized spacial score (nSPS) is 17.6. The summed E-state index contributed by atoms with van der Waals surface area (Å²) in [6.07, 6.45) is -10.9. The van der Waals surface area contributed by atoms with Crippen LogP contribution in [-0.4, -0.2) is 51.4 Å². The summed E-state index contributed by atoms with van der Waals surface area (Å²) < 4.78 is 85.1. The molecule has 3 aromatic rings. The van der Waals surface area contributed by atoms with Crippen molar-refractivity contribution in [3.8, 4) is 0 Å². The Kier molecular flexibility index (Phi) is 6.86. The van der Waals surface area contributed by atoms with Gasteiger partial charge in [-0.15, -0.1) is 0 Å². The van der Waals surface area contributed by atoms with Gasteiger partial charge in [-0.05, 0) is 43.0 Å². The Hall–Kier alpha value is -2.64. The minimum Gasteiger partial charge on any atom is -0.393 e. The highest BCUT2D eigenvalue weighted by molar-refractivity contribution is 6.31. The summed E-state index contributed by atoms with van der Waals surface area (Å²) in [6, 6.07) is 4.27. The molecule has 0 saturated heterocycles. The second kappa shape index (κ2) is 9.43. The highest BCUT2D eigenvalue weighted by Gasteiger charge is 2.43. The van der Waals surface area contributed by atoms with Gasteiger partial charge in [0.15, 0.2) is 0 Å². The molecule has 0 unspecified atom stereocenters. The van der Waals surface area contributed by atoms with Crippen LogP contribution < -0.4 is 4.90 Å². The van der Waals surface area contributed by atoms with Crippen LogP contribution >= 0.6 is 11.6 Å². The number of halogens is 7. The Balaban J connectivity index is 1.84. The van der Waals surface area contributed by atoms with Crippen LogP contribution in [0.1, 0.15) is 41.8 Å². The van der Waals surface area contributed by atoms with Crippen molar-refractivity contribution in [1.82, 2.24) is 19.9 Å². The number of methoxy groups -OCH3 is 1. The van der Waals surface area contributed by atoms with Gasteiger partial charge in [-0.1, -0.05) is 11.6 Å². The monoisotopic (exact) mass is 523 g/mol. The fraction of sp³-hybridized carbons (Fsp3) is 0.476. The van der Waals surface area contributed by atoms with Crippen molar-refractivity contribution in [3.63, 3.8) is 0 Å². The molecule has 0 amide bonds. The standard InChI is InChI=1S/C21H20ClF6N5O2/c1-35-7-5-11(34)9-15-16-12(13-8-10(22)2-3-14(13)29-16)4-6-33(15)19-31-17(20(23,24)25)30-18(32-19)21(26,27)28/h2-3,8,11,15,29,34H,4-7,9H2,1H3/t11-,15+/m1/s1. The van der Waals surface area contributed by atoms with E-state index < -0.39 is 42.1 Å². The number of rotatable bonds is 6. The third-order valence-electron chi connectivity index (χ3n) is 5.75. The maximum absolute atomic E-state index is 13.4. The van der Waals surface area contributed by atoms with Crippen molar-refractivity contribution in [2.45, 2.75) is 43.8 Å². The molecular weight excluding hydrogens is 504 g/mol. The molecule has 4 rings (SSSR count). The lowest BCUT2D eigenvalue weighted by Crippen LogP contribution is -2.39. The van der Waals surface area contributed by atoms with Gasteiger partial charge < -0.3 is 19.7 Å². The number of benzene rings is 1. The van der Waals surface area contributed by atoms with E-state index in [9.17, 15) is 31.4 Å². The molecule has 0 saturated carbocycles. The van der Waals surface area contributed by atoms with Gasteiger partial charge in [-0.2, -0.15) is 36.3 Å². The number of aliphatic hydroxyl groups excluding tert-OH is 1. The predicted octanol–water partition coefficient (Wildman–Crippen LogP) is 4.94. The second-order valence-electron chi connectivity index (χ2n) is 8.12. The molecule has 7 nitrogen and oxygen atoms in total. The summed E-state index contributed by atoms with van der Waals surface area (Å²) in [5.41, 5.74) is 2.04. The lowest BCUT2D eigenvalue weighted by atomic mass is 9.93. The predicted molar refractivity (Wildman–Crippen MR) is 114 cm³/mol. The molecule has 3 heterocycles. The number of hydrogen-bond donors (Lipinski definition) is 2. The first kappa shape index (κ1) is 25.5. The molecule has 2 N–H and O–H groups in total. The minimum absolute atomic E-state index is 0.00669. The van der Waals surface area contributed by atoms with E-state index in [1.54, 1.807) is 18.2 Å². The molecule has 0 spiro atoms. The van der Waals surface area contributed by atoms with Gasteiger partial charge in [-0.25, -0.2) is 4.98 Å². The third kappa shape index (κ3) is 5.31. The number of aromatic amines is 1. The lowest BCUT2D eigenvalue weighted by Gasteiger charge is -2.37. The van der Waals surface area contributed by atoms with Crippen LogP contribution in [0.2, 0.25) is 5.02 Å². The molecule has 2 atom stereocenters. The molecule has 190 valence electrons. The van der Waals surface area contributed by atoms with Gasteiger partial charge >= 0.3 is 12.4 Å². The van der Waals surface area contributed by atoms with Crippen molar-refractivity contribution >= 4 is 28.5 Å². The fourth-order valence-corrected chi connectivity index (χ4v) is 4.37. The van der Waals surface area contributed by atoms with Crippen LogP contribution in [0.15, 0.2) is 18.2 Å². The highest BCUT2D eigenvalue weighted by atomic mass is 35.5. The van der Waals surface area contributed by atoms with Crippen molar-refractivity contribution in [2.75, 3.05) is 25.2 Å². The second-order valence-corrected chi connectivity index (χ2v) is 8.55. The molecule has 2 aromatic heterocycles. The molecule has 0 fully saturated rings. The van der Waals surface area contributed by atoms with E-state index in [2.05, 4.69) is 19.9 Å². The summed E-state index contributed by atoms with van der Waals surface area (Å²) in [5.74, 6) is -4.66. The highest BCUT2D eigenvalue weighted by Crippen LogP contribution is 2.41. The summed E-state index contributed by atoms with van der Waals surface area (Å²) >= 11 is 6.12. The number of nitrogens with one attached hydrogen (secondary N) is 1. The van der Waals surface area contributed by atoms with E-state index in [0.717, 1.165) is 10.9 Å². The Morgan fingerprint density at radius 1 is 1.14 bits per heavy atom. The number of aliphatic hydroxyl groups is 1. The molecule has 1 aliphatic heterocycles. The quantitative estimate of drug-likeness (QED) is 0.445. The first-order valence-electron chi connectivity index (χ1n) is 10.5. The van der Waals surface area contributed by atoms with Crippen LogP contribution in [0, 0.1) is 0 Å². The third-order valence-corrected chi connectivity index (χ3v) is 5.99. The molecule has 14 heteroatoms. The van der Waals surface area contributed by atoms with E-state index in [0.29, 0.717) is 16.2 Å². The Morgan fingerprint density at radius 2 is 1.80 bits per heavy atom.